The lowest BCUT2D eigenvalue weighted by molar-refractivity contribution is -0.384. The Hall–Kier alpha value is -3.22. The molecule has 2 aromatic rings. The Bertz CT molecular complexity index is 846. The van der Waals surface area contributed by atoms with Gasteiger partial charge in [0.15, 0.2) is 5.78 Å². The summed E-state index contributed by atoms with van der Waals surface area (Å²) in [7, 11) is 0. The molecule has 1 heterocycles. The first-order chi connectivity index (χ1) is 13.6. The van der Waals surface area contributed by atoms with Crippen molar-refractivity contribution in [3.8, 4) is 0 Å². The van der Waals surface area contributed by atoms with E-state index in [4.69, 9.17) is 0 Å². The topological polar surface area (TPSA) is 92.6 Å². The molecule has 28 heavy (non-hydrogen) atoms. The van der Waals surface area contributed by atoms with Crippen LogP contribution in [0.3, 0.4) is 0 Å². The number of para-hydroxylation sites is 2. The van der Waals surface area contributed by atoms with Gasteiger partial charge in [-0.05, 0) is 18.9 Å². The Morgan fingerprint density at radius 1 is 1.04 bits per heavy atom. The molecule has 146 valence electrons. The molecule has 1 aliphatic rings. The summed E-state index contributed by atoms with van der Waals surface area (Å²) in [6.07, 6.45) is 1.58. The third kappa shape index (κ3) is 4.73. The summed E-state index contributed by atoms with van der Waals surface area (Å²) >= 11 is 0. The highest BCUT2D eigenvalue weighted by Gasteiger charge is 2.27. The van der Waals surface area contributed by atoms with Crippen LogP contribution in [0.1, 0.15) is 29.6 Å². The first-order valence-electron chi connectivity index (χ1n) is 9.40. The monoisotopic (exact) mass is 381 g/mol. The number of likely N-dealkylation sites (tertiary alicyclic amines) is 1. The number of nitro benzene ring substituents is 1. The fraction of sp³-hybridized carbons (Fsp3) is 0.333. The van der Waals surface area contributed by atoms with Gasteiger partial charge in [-0.1, -0.05) is 42.5 Å². The highest BCUT2D eigenvalue weighted by molar-refractivity contribution is 5.98. The lowest BCUT2D eigenvalue weighted by atomic mass is 9.89. The number of benzene rings is 2. The molecule has 0 radical (unpaired) electrons. The van der Waals surface area contributed by atoms with Crippen molar-refractivity contribution < 1.29 is 14.5 Å². The number of ketones is 1. The van der Waals surface area contributed by atoms with Gasteiger partial charge in [0, 0.05) is 43.6 Å². The number of Topliss-reactive ketones (excluding diaryl/α,β-unsaturated/α-hetero) is 1. The average Bonchev–Trinajstić information content (AvgIpc) is 2.74. The Kier molecular flexibility index (Phi) is 6.37. The summed E-state index contributed by atoms with van der Waals surface area (Å²) < 4.78 is 0. The van der Waals surface area contributed by atoms with Gasteiger partial charge >= 0.3 is 0 Å². The number of rotatable bonds is 7. The summed E-state index contributed by atoms with van der Waals surface area (Å²) in [5, 5.41) is 14.0. The van der Waals surface area contributed by atoms with Crippen LogP contribution < -0.4 is 5.32 Å². The van der Waals surface area contributed by atoms with Crippen LogP contribution in [0.5, 0.6) is 0 Å². The van der Waals surface area contributed by atoms with Gasteiger partial charge in [-0.2, -0.15) is 0 Å². The van der Waals surface area contributed by atoms with E-state index in [1.54, 1.807) is 23.1 Å². The number of piperidine rings is 1. The first-order valence-corrected chi connectivity index (χ1v) is 9.40. The van der Waals surface area contributed by atoms with E-state index in [2.05, 4.69) is 5.32 Å². The molecular weight excluding hydrogens is 358 g/mol. The number of hydrogen-bond acceptors (Lipinski definition) is 5. The maximum Gasteiger partial charge on any atom is 0.292 e. The summed E-state index contributed by atoms with van der Waals surface area (Å²) in [6, 6.07) is 15.6. The molecule has 0 spiro atoms. The van der Waals surface area contributed by atoms with E-state index in [0.717, 1.165) is 5.56 Å². The molecule has 7 nitrogen and oxygen atoms in total. The standard InChI is InChI=1S/C21H23N3O4/c25-20(10-13-22-18-8-4-5-9-19(18)24(27)28)23-14-11-17(12-15-23)21(26)16-6-2-1-3-7-16/h1-9,17,22H,10-15H2. The van der Waals surface area contributed by atoms with E-state index in [1.807, 2.05) is 30.3 Å². The Morgan fingerprint density at radius 2 is 1.68 bits per heavy atom. The summed E-state index contributed by atoms with van der Waals surface area (Å²) in [5.74, 6) is 0.0963. The highest BCUT2D eigenvalue weighted by Crippen LogP contribution is 2.24. The van der Waals surface area contributed by atoms with Gasteiger partial charge in [0.2, 0.25) is 5.91 Å². The molecule has 2 aromatic carbocycles. The maximum absolute atomic E-state index is 12.5. The molecule has 1 N–H and O–H groups in total. The van der Waals surface area contributed by atoms with Crippen LogP contribution in [-0.2, 0) is 4.79 Å². The summed E-state index contributed by atoms with van der Waals surface area (Å²) in [4.78, 5) is 37.3. The second-order valence-electron chi connectivity index (χ2n) is 6.84. The second-order valence-corrected chi connectivity index (χ2v) is 6.84. The second kappa shape index (κ2) is 9.12. The number of carbonyl (C=O) groups excluding carboxylic acids is 2. The molecule has 0 bridgehead atoms. The minimum absolute atomic E-state index is 0.00306. The SMILES string of the molecule is O=C(c1ccccc1)C1CCN(C(=O)CCNc2ccccc2[N+](=O)[O-])CC1. The summed E-state index contributed by atoms with van der Waals surface area (Å²) in [5.41, 5.74) is 1.13. The average molecular weight is 381 g/mol. The van der Waals surface area contributed by atoms with E-state index < -0.39 is 4.92 Å². The van der Waals surface area contributed by atoms with Crippen LogP contribution in [0.2, 0.25) is 0 Å². The predicted octanol–water partition coefficient (Wildman–Crippen LogP) is 3.52. The van der Waals surface area contributed by atoms with Gasteiger partial charge in [0.05, 0.1) is 4.92 Å². The minimum Gasteiger partial charge on any atom is -0.379 e. The van der Waals surface area contributed by atoms with Crippen LogP contribution >= 0.6 is 0 Å². The van der Waals surface area contributed by atoms with Crippen molar-refractivity contribution in [1.82, 2.24) is 4.90 Å². The highest BCUT2D eigenvalue weighted by atomic mass is 16.6. The van der Waals surface area contributed by atoms with Crippen molar-refractivity contribution in [2.45, 2.75) is 19.3 Å². The molecule has 1 saturated heterocycles. The van der Waals surface area contributed by atoms with E-state index >= 15 is 0 Å². The van der Waals surface area contributed by atoms with Crippen LogP contribution in [0.15, 0.2) is 54.6 Å². The molecule has 0 unspecified atom stereocenters. The van der Waals surface area contributed by atoms with Crippen molar-refractivity contribution in [3.63, 3.8) is 0 Å². The van der Waals surface area contributed by atoms with Crippen LogP contribution in [-0.4, -0.2) is 41.1 Å². The number of anilines is 1. The van der Waals surface area contributed by atoms with Crippen LogP contribution in [0.4, 0.5) is 11.4 Å². The van der Waals surface area contributed by atoms with E-state index in [-0.39, 0.29) is 29.7 Å². The van der Waals surface area contributed by atoms with Crippen molar-refractivity contribution in [1.29, 1.82) is 0 Å². The van der Waals surface area contributed by atoms with Crippen LogP contribution in [0.25, 0.3) is 0 Å². The zero-order valence-corrected chi connectivity index (χ0v) is 15.5. The predicted molar refractivity (Wildman–Crippen MR) is 106 cm³/mol. The van der Waals surface area contributed by atoms with Gasteiger partial charge in [0.25, 0.3) is 5.69 Å². The smallest absolute Gasteiger partial charge is 0.292 e. The normalized spacial score (nSPS) is 14.5. The number of nitrogens with zero attached hydrogens (tertiary/aromatic N) is 2. The fourth-order valence-electron chi connectivity index (χ4n) is 3.47. The van der Waals surface area contributed by atoms with Crippen molar-refractivity contribution >= 4 is 23.1 Å². The molecule has 3 rings (SSSR count). The largest absolute Gasteiger partial charge is 0.379 e. The number of carbonyl (C=O) groups is 2. The van der Waals surface area contributed by atoms with E-state index in [9.17, 15) is 19.7 Å². The molecule has 0 atom stereocenters. The van der Waals surface area contributed by atoms with E-state index in [0.29, 0.717) is 38.2 Å². The summed E-state index contributed by atoms with van der Waals surface area (Å²) in [6.45, 7) is 1.45. The minimum atomic E-state index is -0.446. The molecule has 1 amide bonds. The third-order valence-electron chi connectivity index (χ3n) is 5.03. The number of nitrogens with one attached hydrogen (secondary N) is 1. The Labute approximate surface area is 163 Å². The molecule has 1 aliphatic heterocycles. The van der Waals surface area contributed by atoms with Gasteiger partial charge in [-0.3, -0.25) is 19.7 Å². The maximum atomic E-state index is 12.5. The third-order valence-corrected chi connectivity index (χ3v) is 5.03. The van der Waals surface area contributed by atoms with Gasteiger partial charge in [-0.15, -0.1) is 0 Å². The van der Waals surface area contributed by atoms with Gasteiger partial charge < -0.3 is 10.2 Å². The molecular formula is C21H23N3O4. The fourth-order valence-corrected chi connectivity index (χ4v) is 3.47. The Balaban J connectivity index is 1.46. The van der Waals surface area contributed by atoms with Crippen LogP contribution in [0, 0.1) is 16.0 Å². The Morgan fingerprint density at radius 3 is 2.36 bits per heavy atom. The lowest BCUT2D eigenvalue weighted by Crippen LogP contribution is -2.40. The molecule has 0 saturated carbocycles. The quantitative estimate of drug-likeness (QED) is 0.450. The zero-order valence-electron chi connectivity index (χ0n) is 15.5. The number of nitro groups is 1. The van der Waals surface area contributed by atoms with Crippen molar-refractivity contribution in [2.24, 2.45) is 5.92 Å². The zero-order chi connectivity index (χ0) is 19.9. The number of amides is 1. The molecule has 0 aromatic heterocycles. The molecule has 1 fully saturated rings. The van der Waals surface area contributed by atoms with Gasteiger partial charge in [-0.25, -0.2) is 0 Å². The molecule has 7 heteroatoms. The lowest BCUT2D eigenvalue weighted by Gasteiger charge is -2.31. The molecule has 0 aliphatic carbocycles. The van der Waals surface area contributed by atoms with Crippen molar-refractivity contribution in [2.75, 3.05) is 25.0 Å². The van der Waals surface area contributed by atoms with Crippen molar-refractivity contribution in [3.05, 3.63) is 70.3 Å². The number of hydrogen-bond donors (Lipinski definition) is 1. The first kappa shape index (κ1) is 19.5. The van der Waals surface area contributed by atoms with E-state index in [1.165, 1.54) is 6.07 Å². The van der Waals surface area contributed by atoms with Gasteiger partial charge in [0.1, 0.15) is 5.69 Å².